The number of hydrogen-bond acceptors (Lipinski definition) is 2. The van der Waals surface area contributed by atoms with Crippen LogP contribution in [0.5, 0.6) is 0 Å². The van der Waals surface area contributed by atoms with E-state index in [9.17, 15) is 4.79 Å². The van der Waals surface area contributed by atoms with Gasteiger partial charge in [0, 0.05) is 30.5 Å². The van der Waals surface area contributed by atoms with Crippen LogP contribution in [-0.4, -0.2) is 28.8 Å². The fraction of sp³-hybridized carbons (Fsp3) is 0.273. The lowest BCUT2D eigenvalue weighted by molar-refractivity contribution is -0.919. The van der Waals surface area contributed by atoms with Crippen LogP contribution < -0.4 is 10.6 Å². The summed E-state index contributed by atoms with van der Waals surface area (Å²) in [7, 11) is 0. The number of carbonyl (C=O) groups excluding carboxylic acids is 1. The van der Waals surface area contributed by atoms with Gasteiger partial charge in [-0.1, -0.05) is 48.5 Å². The minimum atomic E-state index is -0.157. The molecule has 0 spiro atoms. The summed E-state index contributed by atoms with van der Waals surface area (Å²) in [6.07, 6.45) is 3.89. The van der Waals surface area contributed by atoms with Crippen molar-refractivity contribution in [3.63, 3.8) is 0 Å². The van der Waals surface area contributed by atoms with Crippen molar-refractivity contribution in [3.8, 4) is 16.9 Å². The second-order valence-electron chi connectivity index (χ2n) is 7.25. The quantitative estimate of drug-likeness (QED) is 0.728. The zero-order valence-corrected chi connectivity index (χ0v) is 15.3. The van der Waals surface area contributed by atoms with Crippen molar-refractivity contribution in [2.24, 2.45) is 11.7 Å². The van der Waals surface area contributed by atoms with Gasteiger partial charge in [0.1, 0.15) is 12.2 Å². The van der Waals surface area contributed by atoms with Gasteiger partial charge >= 0.3 is 0 Å². The van der Waals surface area contributed by atoms with Crippen LogP contribution in [0.3, 0.4) is 0 Å². The highest BCUT2D eigenvalue weighted by atomic mass is 16.1. The number of nitrogens with zero attached hydrogens (tertiary/aromatic N) is 2. The molecule has 0 radical (unpaired) electrons. The summed E-state index contributed by atoms with van der Waals surface area (Å²) in [6.45, 7) is 2.85. The van der Waals surface area contributed by atoms with Crippen molar-refractivity contribution in [1.82, 2.24) is 9.78 Å². The predicted molar refractivity (Wildman–Crippen MR) is 105 cm³/mol. The van der Waals surface area contributed by atoms with E-state index in [0.29, 0.717) is 0 Å². The minimum absolute atomic E-state index is 0.0365. The monoisotopic (exact) mass is 361 g/mol. The van der Waals surface area contributed by atoms with Crippen molar-refractivity contribution >= 4 is 5.91 Å². The van der Waals surface area contributed by atoms with Crippen molar-refractivity contribution in [2.75, 3.05) is 13.1 Å². The Morgan fingerprint density at radius 2 is 1.67 bits per heavy atom. The number of nitrogens with one attached hydrogen (secondary N) is 1. The lowest BCUT2D eigenvalue weighted by atomic mass is 9.96. The Balaban J connectivity index is 1.61. The second-order valence-corrected chi connectivity index (χ2v) is 7.25. The summed E-state index contributed by atoms with van der Waals surface area (Å²) in [6, 6.07) is 20.5. The van der Waals surface area contributed by atoms with Crippen LogP contribution in [0, 0.1) is 5.92 Å². The van der Waals surface area contributed by atoms with Gasteiger partial charge in [0.2, 0.25) is 5.91 Å². The van der Waals surface area contributed by atoms with Crippen molar-refractivity contribution in [3.05, 3.63) is 72.4 Å². The number of benzene rings is 2. The average molecular weight is 361 g/mol. The van der Waals surface area contributed by atoms with E-state index in [1.54, 1.807) is 0 Å². The van der Waals surface area contributed by atoms with E-state index in [2.05, 4.69) is 30.5 Å². The number of rotatable bonds is 5. The van der Waals surface area contributed by atoms with Gasteiger partial charge in [0.15, 0.2) is 0 Å². The largest absolute Gasteiger partial charge is 0.369 e. The molecule has 1 amide bonds. The Morgan fingerprint density at radius 3 is 2.30 bits per heavy atom. The maximum Gasteiger partial charge on any atom is 0.220 e. The Hall–Kier alpha value is -2.92. The van der Waals surface area contributed by atoms with Crippen LogP contribution in [0.4, 0.5) is 0 Å². The van der Waals surface area contributed by atoms with Crippen LogP contribution in [0.1, 0.15) is 18.4 Å². The Bertz CT molecular complexity index is 897. The number of amides is 1. The highest BCUT2D eigenvalue weighted by molar-refractivity contribution is 5.76. The first-order valence-electron chi connectivity index (χ1n) is 9.53. The molecule has 1 aliphatic rings. The minimum Gasteiger partial charge on any atom is -0.369 e. The second kappa shape index (κ2) is 7.76. The SMILES string of the molecule is NC(=O)C1CC[NH+](Cc2cn(-c3ccccc3)nc2-c2ccccc2)CC1. The molecule has 2 aromatic carbocycles. The first-order chi connectivity index (χ1) is 13.2. The van der Waals surface area contributed by atoms with Crippen molar-refractivity contribution < 1.29 is 9.69 Å². The fourth-order valence-corrected chi connectivity index (χ4v) is 3.85. The topological polar surface area (TPSA) is 65.3 Å². The number of carbonyl (C=O) groups is 1. The molecule has 1 saturated heterocycles. The number of quaternary nitrogens is 1. The summed E-state index contributed by atoms with van der Waals surface area (Å²) in [5, 5.41) is 4.89. The maximum atomic E-state index is 11.4. The first kappa shape index (κ1) is 17.5. The van der Waals surface area contributed by atoms with E-state index in [0.717, 1.165) is 49.4 Å². The number of nitrogens with two attached hydrogens (primary N) is 1. The molecule has 0 bridgehead atoms. The highest BCUT2D eigenvalue weighted by Crippen LogP contribution is 2.23. The van der Waals surface area contributed by atoms with E-state index in [4.69, 9.17) is 10.8 Å². The maximum absolute atomic E-state index is 11.4. The predicted octanol–water partition coefficient (Wildman–Crippen LogP) is 1.82. The zero-order valence-electron chi connectivity index (χ0n) is 15.3. The van der Waals surface area contributed by atoms with Crippen LogP contribution >= 0.6 is 0 Å². The van der Waals surface area contributed by atoms with E-state index in [1.165, 1.54) is 10.5 Å². The standard InChI is InChI=1S/C22H24N4O/c23-22(27)18-11-13-25(14-12-18)15-19-16-26(20-9-5-2-6-10-20)24-21(19)17-7-3-1-4-8-17/h1-10,16,18H,11-15H2,(H2,23,27)/p+1. The Labute approximate surface area is 159 Å². The molecule has 0 atom stereocenters. The Morgan fingerprint density at radius 1 is 1.04 bits per heavy atom. The molecular formula is C22H25N4O+. The molecule has 5 heteroatoms. The lowest BCUT2D eigenvalue weighted by Crippen LogP contribution is -3.11. The highest BCUT2D eigenvalue weighted by Gasteiger charge is 2.27. The number of aromatic nitrogens is 2. The van der Waals surface area contributed by atoms with Gasteiger partial charge < -0.3 is 10.6 Å². The Kier molecular flexibility index (Phi) is 5.03. The number of likely N-dealkylation sites (tertiary alicyclic amines) is 1. The van der Waals surface area contributed by atoms with Crippen LogP contribution in [-0.2, 0) is 11.3 Å². The molecule has 5 nitrogen and oxygen atoms in total. The molecule has 3 aromatic rings. The van der Waals surface area contributed by atoms with Gasteiger partial charge in [-0.25, -0.2) is 4.68 Å². The summed E-state index contributed by atoms with van der Waals surface area (Å²) in [4.78, 5) is 12.9. The van der Waals surface area contributed by atoms with Crippen LogP contribution in [0.25, 0.3) is 16.9 Å². The summed E-state index contributed by atoms with van der Waals surface area (Å²) >= 11 is 0. The van der Waals surface area contributed by atoms with Gasteiger partial charge in [0.05, 0.1) is 24.3 Å². The van der Waals surface area contributed by atoms with Crippen LogP contribution in [0.2, 0.25) is 0 Å². The molecule has 0 aliphatic carbocycles. The van der Waals surface area contributed by atoms with E-state index in [-0.39, 0.29) is 11.8 Å². The van der Waals surface area contributed by atoms with Gasteiger partial charge in [-0.3, -0.25) is 4.79 Å². The molecule has 0 saturated carbocycles. The van der Waals surface area contributed by atoms with Gasteiger partial charge in [-0.2, -0.15) is 5.10 Å². The molecule has 1 aliphatic heterocycles. The number of piperidine rings is 1. The summed E-state index contributed by atoms with van der Waals surface area (Å²) in [5.41, 5.74) is 9.93. The first-order valence-corrected chi connectivity index (χ1v) is 9.53. The third kappa shape index (κ3) is 3.93. The molecule has 0 unspecified atom stereocenters. The smallest absolute Gasteiger partial charge is 0.220 e. The molecule has 3 N–H and O–H groups in total. The molecule has 2 heterocycles. The zero-order chi connectivity index (χ0) is 18.6. The van der Waals surface area contributed by atoms with E-state index in [1.807, 2.05) is 41.1 Å². The van der Waals surface area contributed by atoms with E-state index >= 15 is 0 Å². The fourth-order valence-electron chi connectivity index (χ4n) is 3.85. The average Bonchev–Trinajstić information content (AvgIpc) is 3.13. The number of para-hydroxylation sites is 1. The number of hydrogen-bond donors (Lipinski definition) is 2. The lowest BCUT2D eigenvalue weighted by Gasteiger charge is -2.27. The van der Waals surface area contributed by atoms with Gasteiger partial charge in [-0.05, 0) is 12.1 Å². The normalized spacial score (nSPS) is 19.7. The van der Waals surface area contributed by atoms with Crippen LogP contribution in [0.15, 0.2) is 66.9 Å². The van der Waals surface area contributed by atoms with E-state index < -0.39 is 0 Å². The van der Waals surface area contributed by atoms with Crippen molar-refractivity contribution in [2.45, 2.75) is 19.4 Å². The summed E-state index contributed by atoms with van der Waals surface area (Å²) in [5.74, 6) is -0.120. The van der Waals surface area contributed by atoms with Crippen molar-refractivity contribution in [1.29, 1.82) is 0 Å². The molecule has 138 valence electrons. The third-order valence-corrected chi connectivity index (χ3v) is 5.39. The number of primary amides is 1. The molecule has 1 fully saturated rings. The van der Waals surface area contributed by atoms with Gasteiger partial charge in [0.25, 0.3) is 0 Å². The molecule has 27 heavy (non-hydrogen) atoms. The molecule has 4 rings (SSSR count). The molecule has 1 aromatic heterocycles. The summed E-state index contributed by atoms with van der Waals surface area (Å²) < 4.78 is 1.97. The molecular weight excluding hydrogens is 336 g/mol. The third-order valence-electron chi connectivity index (χ3n) is 5.39. The van der Waals surface area contributed by atoms with Gasteiger partial charge in [-0.15, -0.1) is 0 Å².